The van der Waals surface area contributed by atoms with Crippen LogP contribution in [0.4, 0.5) is 10.5 Å². The Morgan fingerprint density at radius 1 is 1.10 bits per heavy atom. The Balaban J connectivity index is 1.70. The highest BCUT2D eigenvalue weighted by Crippen LogP contribution is 2.32. The van der Waals surface area contributed by atoms with E-state index in [9.17, 15) is 18.0 Å². The van der Waals surface area contributed by atoms with Crippen molar-refractivity contribution in [2.75, 3.05) is 18.6 Å². The molecule has 0 bridgehead atoms. The molecule has 152 valence electrons. The quantitative estimate of drug-likeness (QED) is 0.823. The molecule has 0 spiro atoms. The van der Waals surface area contributed by atoms with Crippen LogP contribution in [0.15, 0.2) is 53.4 Å². The monoisotopic (exact) mass is 415 g/mol. The van der Waals surface area contributed by atoms with Crippen molar-refractivity contribution in [3.05, 3.63) is 54.1 Å². The number of carbonyl (C=O) groups is 2. The molecule has 3 amide bonds. The lowest BCUT2D eigenvalue weighted by atomic mass is 10.1. The number of amides is 3. The van der Waals surface area contributed by atoms with Gasteiger partial charge in [0.05, 0.1) is 23.7 Å². The van der Waals surface area contributed by atoms with Crippen LogP contribution in [0.2, 0.25) is 0 Å². The lowest BCUT2D eigenvalue weighted by molar-refractivity contribution is -0.122. The second kappa shape index (κ2) is 7.16. The molecule has 0 aliphatic carbocycles. The van der Waals surface area contributed by atoms with Gasteiger partial charge >= 0.3 is 6.03 Å². The van der Waals surface area contributed by atoms with Crippen molar-refractivity contribution in [3.63, 3.8) is 0 Å². The van der Waals surface area contributed by atoms with Crippen LogP contribution in [0, 0.1) is 6.92 Å². The first-order chi connectivity index (χ1) is 13.8. The van der Waals surface area contributed by atoms with Crippen LogP contribution in [0.5, 0.6) is 5.75 Å². The molecule has 2 aromatic rings. The van der Waals surface area contributed by atoms with E-state index in [0.29, 0.717) is 17.9 Å². The maximum Gasteiger partial charge on any atom is 0.329 e. The zero-order valence-electron chi connectivity index (χ0n) is 16.0. The molecule has 0 aromatic heterocycles. The van der Waals surface area contributed by atoms with Crippen molar-refractivity contribution < 1.29 is 22.7 Å². The summed E-state index contributed by atoms with van der Waals surface area (Å²) in [6.45, 7) is 2.03. The molecule has 29 heavy (non-hydrogen) atoms. The van der Waals surface area contributed by atoms with E-state index in [1.807, 2.05) is 6.92 Å². The summed E-state index contributed by atoms with van der Waals surface area (Å²) in [5.41, 5.74) is 1.26. The largest absolute Gasteiger partial charge is 0.497 e. The van der Waals surface area contributed by atoms with E-state index in [-0.39, 0.29) is 11.4 Å². The van der Waals surface area contributed by atoms with Crippen molar-refractivity contribution in [3.8, 4) is 5.75 Å². The number of urea groups is 1. The standard InChI is InChI=1S/C20H21N3O5S/c1-13-6-8-16(9-7-13)29(26,27)22-11-10-17-18(22)19(24)23(20(25)21-17)14-4-3-5-15(12-14)28-2/h3-9,12,17-18H,10-11H2,1-2H3,(H,21,25)/t17-,18+/m1/s1. The van der Waals surface area contributed by atoms with Crippen LogP contribution in [-0.2, 0) is 14.8 Å². The number of imide groups is 1. The summed E-state index contributed by atoms with van der Waals surface area (Å²) in [4.78, 5) is 27.0. The van der Waals surface area contributed by atoms with E-state index in [2.05, 4.69) is 5.32 Å². The smallest absolute Gasteiger partial charge is 0.329 e. The molecule has 0 radical (unpaired) electrons. The van der Waals surface area contributed by atoms with Gasteiger partial charge in [-0.3, -0.25) is 4.79 Å². The fraction of sp³-hybridized carbons (Fsp3) is 0.300. The molecule has 1 N–H and O–H groups in total. The molecule has 2 saturated heterocycles. The number of anilines is 1. The number of rotatable bonds is 4. The Kier molecular flexibility index (Phi) is 4.79. The van der Waals surface area contributed by atoms with E-state index in [1.165, 1.54) is 23.5 Å². The predicted molar refractivity (Wildman–Crippen MR) is 106 cm³/mol. The first-order valence-electron chi connectivity index (χ1n) is 9.20. The van der Waals surface area contributed by atoms with Gasteiger partial charge in [-0.05, 0) is 37.6 Å². The normalized spacial score (nSPS) is 22.3. The third kappa shape index (κ3) is 3.26. The molecule has 2 aliphatic rings. The zero-order chi connectivity index (χ0) is 20.8. The number of aryl methyl sites for hydroxylation is 1. The van der Waals surface area contributed by atoms with E-state index >= 15 is 0 Å². The molecule has 8 nitrogen and oxygen atoms in total. The number of sulfonamides is 1. The number of hydrogen-bond donors (Lipinski definition) is 1. The zero-order valence-corrected chi connectivity index (χ0v) is 16.8. The van der Waals surface area contributed by atoms with Gasteiger partial charge in [0.25, 0.3) is 5.91 Å². The van der Waals surface area contributed by atoms with E-state index in [1.54, 1.807) is 36.4 Å². The van der Waals surface area contributed by atoms with Crippen LogP contribution < -0.4 is 15.0 Å². The molecule has 2 atom stereocenters. The molecule has 0 saturated carbocycles. The molecule has 9 heteroatoms. The third-order valence-corrected chi connectivity index (χ3v) is 7.17. The number of hydrogen-bond acceptors (Lipinski definition) is 5. The average molecular weight is 415 g/mol. The first kappa shape index (κ1) is 19.4. The maximum absolute atomic E-state index is 13.3. The minimum Gasteiger partial charge on any atom is -0.497 e. The molecule has 4 rings (SSSR count). The fourth-order valence-corrected chi connectivity index (χ4v) is 5.41. The van der Waals surface area contributed by atoms with Gasteiger partial charge in [-0.2, -0.15) is 4.31 Å². The van der Waals surface area contributed by atoms with Gasteiger partial charge < -0.3 is 10.1 Å². The number of ether oxygens (including phenoxy) is 1. The highest BCUT2D eigenvalue weighted by Gasteiger charge is 2.52. The Hall–Kier alpha value is -2.91. The van der Waals surface area contributed by atoms with Gasteiger partial charge in [-0.1, -0.05) is 23.8 Å². The van der Waals surface area contributed by atoms with Crippen molar-refractivity contribution in [1.82, 2.24) is 9.62 Å². The van der Waals surface area contributed by atoms with Gasteiger partial charge in [-0.15, -0.1) is 0 Å². The molecule has 2 heterocycles. The van der Waals surface area contributed by atoms with Crippen molar-refractivity contribution in [2.24, 2.45) is 0 Å². The lowest BCUT2D eigenvalue weighted by Crippen LogP contribution is -2.64. The summed E-state index contributed by atoms with van der Waals surface area (Å²) in [7, 11) is -2.40. The maximum atomic E-state index is 13.3. The minimum absolute atomic E-state index is 0.126. The predicted octanol–water partition coefficient (Wildman–Crippen LogP) is 1.89. The third-order valence-electron chi connectivity index (χ3n) is 5.28. The summed E-state index contributed by atoms with van der Waals surface area (Å²) in [5, 5.41) is 2.78. The van der Waals surface area contributed by atoms with Crippen LogP contribution in [0.1, 0.15) is 12.0 Å². The highest BCUT2D eigenvalue weighted by molar-refractivity contribution is 7.89. The number of methoxy groups -OCH3 is 1. The van der Waals surface area contributed by atoms with Crippen LogP contribution in [0.3, 0.4) is 0 Å². The molecular weight excluding hydrogens is 394 g/mol. The summed E-state index contributed by atoms with van der Waals surface area (Å²) in [6, 6.07) is 10.9. The molecule has 2 aromatic carbocycles. The molecule has 2 fully saturated rings. The van der Waals surface area contributed by atoms with Gasteiger partial charge in [0, 0.05) is 12.6 Å². The van der Waals surface area contributed by atoms with Crippen LogP contribution >= 0.6 is 0 Å². The second-order valence-corrected chi connectivity index (χ2v) is 8.98. The molecule has 0 unspecified atom stereocenters. The van der Waals surface area contributed by atoms with Gasteiger partial charge in [0.2, 0.25) is 10.0 Å². The minimum atomic E-state index is -3.88. The Morgan fingerprint density at radius 3 is 2.52 bits per heavy atom. The van der Waals surface area contributed by atoms with E-state index in [0.717, 1.165) is 10.5 Å². The molecule has 2 aliphatic heterocycles. The summed E-state index contributed by atoms with van der Waals surface area (Å²) >= 11 is 0. The highest BCUT2D eigenvalue weighted by atomic mass is 32.2. The van der Waals surface area contributed by atoms with Gasteiger partial charge in [-0.25, -0.2) is 18.1 Å². The van der Waals surface area contributed by atoms with E-state index in [4.69, 9.17) is 4.74 Å². The lowest BCUT2D eigenvalue weighted by Gasteiger charge is -2.36. The number of carbonyl (C=O) groups excluding carboxylic acids is 2. The Morgan fingerprint density at radius 2 is 1.83 bits per heavy atom. The topological polar surface area (TPSA) is 96.0 Å². The number of fused-ring (bicyclic) bond motifs is 1. The van der Waals surface area contributed by atoms with Crippen LogP contribution in [0.25, 0.3) is 0 Å². The summed E-state index contributed by atoms with van der Waals surface area (Å²) in [6.07, 6.45) is 0.374. The number of nitrogens with zero attached hydrogens (tertiary/aromatic N) is 2. The van der Waals surface area contributed by atoms with Crippen molar-refractivity contribution >= 4 is 27.6 Å². The average Bonchev–Trinajstić information content (AvgIpc) is 3.13. The first-order valence-corrected chi connectivity index (χ1v) is 10.6. The van der Waals surface area contributed by atoms with Gasteiger partial charge in [0.1, 0.15) is 11.8 Å². The number of benzene rings is 2. The summed E-state index contributed by atoms with van der Waals surface area (Å²) < 4.78 is 32.7. The fourth-order valence-electron chi connectivity index (χ4n) is 3.78. The van der Waals surface area contributed by atoms with Crippen LogP contribution in [-0.4, -0.2) is 50.4 Å². The molecular formula is C20H21N3O5S. The Labute approximate surface area is 169 Å². The SMILES string of the molecule is COc1cccc(N2C(=O)N[C@@H]3CCN(S(=O)(=O)c4ccc(C)cc4)[C@@H]3C2=O)c1. The number of nitrogens with one attached hydrogen (secondary N) is 1. The Bertz CT molecular complexity index is 1070. The van der Waals surface area contributed by atoms with Gasteiger partial charge in [0.15, 0.2) is 0 Å². The van der Waals surface area contributed by atoms with E-state index < -0.39 is 34.0 Å². The second-order valence-electron chi connectivity index (χ2n) is 7.09. The summed E-state index contributed by atoms with van der Waals surface area (Å²) in [5.74, 6) is -0.0824. The van der Waals surface area contributed by atoms with Crippen molar-refractivity contribution in [1.29, 1.82) is 0 Å². The van der Waals surface area contributed by atoms with Crippen molar-refractivity contribution in [2.45, 2.75) is 30.3 Å².